The molecule has 8 nitrogen and oxygen atoms in total. The zero-order valence-corrected chi connectivity index (χ0v) is 10.9. The van der Waals surface area contributed by atoms with Gasteiger partial charge in [0.2, 0.25) is 11.8 Å². The highest BCUT2D eigenvalue weighted by atomic mass is 16.4. The Morgan fingerprint density at radius 1 is 1.05 bits per heavy atom. The van der Waals surface area contributed by atoms with Crippen LogP contribution in [-0.4, -0.2) is 57.9 Å². The zero-order valence-electron chi connectivity index (χ0n) is 10.9. The molecule has 0 aromatic heterocycles. The molecule has 0 aliphatic heterocycles. The van der Waals surface area contributed by atoms with Crippen LogP contribution in [-0.2, 0) is 14.4 Å². The number of rotatable bonds is 8. The van der Waals surface area contributed by atoms with Crippen LogP contribution in [0.25, 0.3) is 0 Å². The Morgan fingerprint density at radius 3 is 2.00 bits per heavy atom. The van der Waals surface area contributed by atoms with Crippen molar-refractivity contribution in [1.82, 2.24) is 10.6 Å². The molecular weight excluding hydrogens is 256 g/mol. The maximum atomic E-state index is 11.2. The van der Waals surface area contributed by atoms with Gasteiger partial charge in [0.05, 0.1) is 0 Å². The molecular formula is C11H20N2O6. The Hall–Kier alpha value is -1.67. The van der Waals surface area contributed by atoms with Crippen LogP contribution in [0.3, 0.4) is 0 Å². The molecule has 19 heavy (non-hydrogen) atoms. The van der Waals surface area contributed by atoms with Crippen molar-refractivity contribution < 1.29 is 29.7 Å². The summed E-state index contributed by atoms with van der Waals surface area (Å²) in [5, 5.41) is 31.3. The molecule has 8 heteroatoms. The van der Waals surface area contributed by atoms with E-state index in [1.54, 1.807) is 0 Å². The number of aliphatic hydroxyl groups is 2. The van der Waals surface area contributed by atoms with Gasteiger partial charge in [-0.1, -0.05) is 0 Å². The second kappa shape index (κ2) is 8.44. The van der Waals surface area contributed by atoms with E-state index in [1.807, 2.05) is 0 Å². The molecule has 0 spiro atoms. The Bertz CT molecular complexity index is 329. The number of carbonyl (C=O) groups is 3. The fraction of sp³-hybridized carbons (Fsp3) is 0.727. The van der Waals surface area contributed by atoms with Gasteiger partial charge in [-0.2, -0.15) is 0 Å². The third kappa shape index (κ3) is 7.37. The number of nitrogens with one attached hydrogen (secondary N) is 2. The summed E-state index contributed by atoms with van der Waals surface area (Å²) in [6.07, 6.45) is -1.98. The molecule has 0 aliphatic rings. The third-order valence-electron chi connectivity index (χ3n) is 2.34. The molecule has 3 atom stereocenters. The van der Waals surface area contributed by atoms with E-state index in [4.69, 9.17) is 15.3 Å². The second-order valence-corrected chi connectivity index (χ2v) is 4.18. The van der Waals surface area contributed by atoms with Crippen LogP contribution in [0.15, 0.2) is 0 Å². The quantitative estimate of drug-likeness (QED) is 0.332. The maximum absolute atomic E-state index is 11.2. The van der Waals surface area contributed by atoms with Crippen molar-refractivity contribution >= 4 is 17.8 Å². The SMILES string of the molecule is C[C@H](O)C(=O)NCCC[C@H](NC(=O)[C@@H](C)O)C(=O)O. The first-order valence-corrected chi connectivity index (χ1v) is 5.92. The molecule has 110 valence electrons. The molecule has 0 unspecified atom stereocenters. The van der Waals surface area contributed by atoms with Gasteiger partial charge in [-0.25, -0.2) is 4.79 Å². The number of amides is 2. The van der Waals surface area contributed by atoms with Gasteiger partial charge < -0.3 is 26.0 Å². The van der Waals surface area contributed by atoms with Crippen LogP contribution >= 0.6 is 0 Å². The van der Waals surface area contributed by atoms with E-state index in [0.29, 0.717) is 6.42 Å². The predicted molar refractivity (Wildman–Crippen MR) is 65.2 cm³/mol. The van der Waals surface area contributed by atoms with Crippen molar-refractivity contribution in [3.05, 3.63) is 0 Å². The van der Waals surface area contributed by atoms with Crippen molar-refractivity contribution in [1.29, 1.82) is 0 Å². The lowest BCUT2D eigenvalue weighted by atomic mass is 10.1. The van der Waals surface area contributed by atoms with Gasteiger partial charge in [-0.3, -0.25) is 9.59 Å². The van der Waals surface area contributed by atoms with E-state index in [-0.39, 0.29) is 13.0 Å². The second-order valence-electron chi connectivity index (χ2n) is 4.18. The summed E-state index contributed by atoms with van der Waals surface area (Å²) in [4.78, 5) is 33.0. The largest absolute Gasteiger partial charge is 0.480 e. The molecule has 0 aliphatic carbocycles. The van der Waals surface area contributed by atoms with Gasteiger partial charge in [0.15, 0.2) is 0 Å². The number of carboxylic acids is 1. The van der Waals surface area contributed by atoms with E-state index in [1.165, 1.54) is 13.8 Å². The van der Waals surface area contributed by atoms with Crippen LogP contribution in [0.1, 0.15) is 26.7 Å². The summed E-state index contributed by atoms with van der Waals surface area (Å²) in [7, 11) is 0. The van der Waals surface area contributed by atoms with Crippen molar-refractivity contribution in [2.45, 2.75) is 44.9 Å². The smallest absolute Gasteiger partial charge is 0.326 e. The van der Waals surface area contributed by atoms with E-state index >= 15 is 0 Å². The molecule has 0 bridgehead atoms. The van der Waals surface area contributed by atoms with E-state index < -0.39 is 36.0 Å². The minimum atomic E-state index is -1.28. The highest BCUT2D eigenvalue weighted by Gasteiger charge is 2.21. The zero-order chi connectivity index (χ0) is 15.0. The fourth-order valence-electron chi connectivity index (χ4n) is 1.22. The number of aliphatic carboxylic acids is 1. The minimum Gasteiger partial charge on any atom is -0.480 e. The van der Waals surface area contributed by atoms with Crippen LogP contribution in [0, 0.1) is 0 Å². The Kier molecular flexibility index (Phi) is 7.69. The van der Waals surface area contributed by atoms with Crippen LogP contribution in [0.4, 0.5) is 0 Å². The summed E-state index contributed by atoms with van der Waals surface area (Å²) in [5.41, 5.74) is 0. The van der Waals surface area contributed by atoms with Crippen LogP contribution in [0.5, 0.6) is 0 Å². The van der Waals surface area contributed by atoms with Gasteiger partial charge in [-0.15, -0.1) is 0 Å². The van der Waals surface area contributed by atoms with Gasteiger partial charge in [0.25, 0.3) is 0 Å². The Balaban J connectivity index is 4.06. The summed E-state index contributed by atoms with van der Waals surface area (Å²) < 4.78 is 0. The van der Waals surface area contributed by atoms with Gasteiger partial charge >= 0.3 is 5.97 Å². The number of hydrogen-bond donors (Lipinski definition) is 5. The average Bonchev–Trinajstić information content (AvgIpc) is 2.31. The van der Waals surface area contributed by atoms with Gasteiger partial charge in [-0.05, 0) is 26.7 Å². The maximum Gasteiger partial charge on any atom is 0.326 e. The molecule has 0 fully saturated rings. The van der Waals surface area contributed by atoms with Crippen LogP contribution < -0.4 is 10.6 Å². The minimum absolute atomic E-state index is 0.105. The van der Waals surface area contributed by atoms with Crippen molar-refractivity contribution in [3.8, 4) is 0 Å². The molecule has 0 radical (unpaired) electrons. The van der Waals surface area contributed by atoms with Crippen LogP contribution in [0.2, 0.25) is 0 Å². The number of carbonyl (C=O) groups excluding carboxylic acids is 2. The van der Waals surface area contributed by atoms with E-state index in [9.17, 15) is 14.4 Å². The lowest BCUT2D eigenvalue weighted by Gasteiger charge is -2.15. The highest BCUT2D eigenvalue weighted by Crippen LogP contribution is 1.98. The first-order valence-electron chi connectivity index (χ1n) is 5.92. The average molecular weight is 276 g/mol. The number of hydrogen-bond acceptors (Lipinski definition) is 5. The first kappa shape index (κ1) is 17.3. The summed E-state index contributed by atoms with van der Waals surface area (Å²) in [6.45, 7) is 2.74. The Labute approximate surface area is 110 Å². The highest BCUT2D eigenvalue weighted by molar-refractivity contribution is 5.85. The molecule has 0 saturated carbocycles. The molecule has 5 N–H and O–H groups in total. The fourth-order valence-corrected chi connectivity index (χ4v) is 1.22. The molecule has 0 heterocycles. The van der Waals surface area contributed by atoms with E-state index in [2.05, 4.69) is 10.6 Å². The normalized spacial score (nSPS) is 15.2. The third-order valence-corrected chi connectivity index (χ3v) is 2.34. The summed E-state index contributed by atoms with van der Waals surface area (Å²) in [6, 6.07) is -1.12. The first-order chi connectivity index (χ1) is 8.75. The number of aliphatic hydroxyl groups excluding tert-OH is 2. The lowest BCUT2D eigenvalue weighted by molar-refractivity contribution is -0.143. The molecule has 0 rings (SSSR count). The van der Waals surface area contributed by atoms with Gasteiger partial charge in [0, 0.05) is 6.54 Å². The number of carboxylic acid groups (broad SMARTS) is 1. The summed E-state index contributed by atoms with van der Waals surface area (Å²) in [5.74, 6) is -2.52. The van der Waals surface area contributed by atoms with Crippen molar-refractivity contribution in [2.75, 3.05) is 6.54 Å². The predicted octanol–water partition coefficient (Wildman–Crippen LogP) is -1.79. The lowest BCUT2D eigenvalue weighted by Crippen LogP contribution is -2.45. The molecule has 0 saturated heterocycles. The van der Waals surface area contributed by atoms with Crippen molar-refractivity contribution in [2.24, 2.45) is 0 Å². The molecule has 0 aromatic rings. The monoisotopic (exact) mass is 276 g/mol. The summed E-state index contributed by atoms with van der Waals surface area (Å²) >= 11 is 0. The molecule has 2 amide bonds. The molecule has 0 aromatic carbocycles. The van der Waals surface area contributed by atoms with Crippen molar-refractivity contribution in [3.63, 3.8) is 0 Å². The van der Waals surface area contributed by atoms with Gasteiger partial charge in [0.1, 0.15) is 18.2 Å². The van der Waals surface area contributed by atoms with E-state index in [0.717, 1.165) is 0 Å². The topological polar surface area (TPSA) is 136 Å². The standard InChI is InChI=1S/C11H20N2O6/c1-6(14)9(16)12-5-3-4-8(11(18)19)13-10(17)7(2)15/h6-8,14-15H,3-5H2,1-2H3,(H,12,16)(H,13,17)(H,18,19)/t6-,7+,8-/m0/s1. The Morgan fingerprint density at radius 2 is 1.58 bits per heavy atom.